The molecule has 0 saturated carbocycles. The Balaban J connectivity index is 3.18. The van der Waals surface area contributed by atoms with Crippen LogP contribution in [0.25, 0.3) is 0 Å². The van der Waals surface area contributed by atoms with Gasteiger partial charge in [-0.3, -0.25) is 4.98 Å². The standard InChI is InChI=1S/C8H10F3N3O/c1-4-6(13)7(15-8(9,10)11)5(2-12)3-14-4/h3H,2,12-13H2,1H3. The molecule has 0 fully saturated rings. The zero-order valence-electron chi connectivity index (χ0n) is 7.93. The number of pyridine rings is 1. The van der Waals surface area contributed by atoms with Crippen molar-refractivity contribution in [1.29, 1.82) is 0 Å². The number of ether oxygens (including phenoxy) is 1. The van der Waals surface area contributed by atoms with Gasteiger partial charge >= 0.3 is 6.36 Å². The van der Waals surface area contributed by atoms with Crippen molar-refractivity contribution < 1.29 is 17.9 Å². The third-order valence-electron chi connectivity index (χ3n) is 1.78. The number of hydrogen-bond donors (Lipinski definition) is 2. The normalized spacial score (nSPS) is 11.5. The van der Waals surface area contributed by atoms with E-state index in [4.69, 9.17) is 11.5 Å². The highest BCUT2D eigenvalue weighted by Crippen LogP contribution is 2.32. The minimum absolute atomic E-state index is 0.121. The van der Waals surface area contributed by atoms with Gasteiger partial charge in [0.1, 0.15) is 0 Å². The van der Waals surface area contributed by atoms with Gasteiger partial charge in [-0.2, -0.15) is 0 Å². The average molecular weight is 221 g/mol. The second-order valence-corrected chi connectivity index (χ2v) is 2.86. The highest BCUT2D eigenvalue weighted by Gasteiger charge is 2.33. The summed E-state index contributed by atoms with van der Waals surface area (Å²) in [5.74, 6) is -0.461. The van der Waals surface area contributed by atoms with Crippen molar-refractivity contribution in [2.24, 2.45) is 5.73 Å². The molecule has 0 radical (unpaired) electrons. The van der Waals surface area contributed by atoms with Gasteiger partial charge in [0.25, 0.3) is 0 Å². The predicted octanol–water partition coefficient (Wildman–Crippen LogP) is 1.33. The van der Waals surface area contributed by atoms with Crippen LogP contribution in [0.3, 0.4) is 0 Å². The summed E-state index contributed by atoms with van der Waals surface area (Å²) < 4.78 is 39.9. The van der Waals surface area contributed by atoms with E-state index in [9.17, 15) is 13.2 Å². The third kappa shape index (κ3) is 2.72. The molecule has 0 amide bonds. The number of hydrogen-bond acceptors (Lipinski definition) is 4. The van der Waals surface area contributed by atoms with Crippen LogP contribution in [-0.2, 0) is 6.54 Å². The van der Waals surface area contributed by atoms with Crippen molar-refractivity contribution >= 4 is 5.69 Å². The number of nitrogens with zero attached hydrogens (tertiary/aromatic N) is 1. The summed E-state index contributed by atoms with van der Waals surface area (Å²) in [6, 6.07) is 0. The molecule has 0 aliphatic heterocycles. The van der Waals surface area contributed by atoms with E-state index in [1.54, 1.807) is 0 Å². The van der Waals surface area contributed by atoms with Gasteiger partial charge in [0, 0.05) is 18.3 Å². The molecule has 0 aliphatic rings. The van der Waals surface area contributed by atoms with Gasteiger partial charge < -0.3 is 16.2 Å². The molecule has 0 aliphatic carbocycles. The number of nitrogen functional groups attached to an aromatic ring is 1. The molecule has 84 valence electrons. The van der Waals surface area contributed by atoms with E-state index < -0.39 is 12.1 Å². The van der Waals surface area contributed by atoms with Crippen LogP contribution in [0.15, 0.2) is 6.20 Å². The van der Waals surface area contributed by atoms with Crippen molar-refractivity contribution in [1.82, 2.24) is 4.98 Å². The second kappa shape index (κ2) is 3.93. The van der Waals surface area contributed by atoms with E-state index in [0.717, 1.165) is 0 Å². The lowest BCUT2D eigenvalue weighted by Crippen LogP contribution is -2.20. The van der Waals surface area contributed by atoms with Gasteiger partial charge in [-0.15, -0.1) is 13.2 Å². The van der Waals surface area contributed by atoms with Crippen molar-refractivity contribution in [2.45, 2.75) is 19.8 Å². The van der Waals surface area contributed by atoms with E-state index in [0.29, 0.717) is 0 Å². The van der Waals surface area contributed by atoms with Crippen LogP contribution >= 0.6 is 0 Å². The molecule has 1 rings (SSSR count). The molecule has 0 unspecified atom stereocenters. The first kappa shape index (κ1) is 11.6. The van der Waals surface area contributed by atoms with Gasteiger partial charge in [-0.05, 0) is 6.92 Å². The van der Waals surface area contributed by atoms with Gasteiger partial charge in [-0.25, -0.2) is 0 Å². The molecule has 4 N–H and O–H groups in total. The van der Waals surface area contributed by atoms with Gasteiger partial charge in [0.15, 0.2) is 5.75 Å². The maximum Gasteiger partial charge on any atom is 0.573 e. The van der Waals surface area contributed by atoms with Gasteiger partial charge in [-0.1, -0.05) is 0 Å². The molecule has 0 spiro atoms. The van der Waals surface area contributed by atoms with Crippen molar-refractivity contribution in [2.75, 3.05) is 5.73 Å². The van der Waals surface area contributed by atoms with Crippen LogP contribution in [0, 0.1) is 6.92 Å². The Kier molecular flexibility index (Phi) is 3.04. The summed E-state index contributed by atoms with van der Waals surface area (Å²) in [5.41, 5.74) is 10.9. The lowest BCUT2D eigenvalue weighted by molar-refractivity contribution is -0.274. The molecule has 0 aromatic carbocycles. The first-order chi connectivity index (χ1) is 6.85. The predicted molar refractivity (Wildman–Crippen MR) is 48.0 cm³/mol. The number of rotatable bonds is 2. The Morgan fingerprint density at radius 2 is 2.07 bits per heavy atom. The third-order valence-corrected chi connectivity index (χ3v) is 1.78. The topological polar surface area (TPSA) is 74.2 Å². The van der Waals surface area contributed by atoms with Crippen LogP contribution in [0.5, 0.6) is 5.75 Å². The van der Waals surface area contributed by atoms with Crippen LogP contribution in [0.4, 0.5) is 18.9 Å². The molecule has 0 bridgehead atoms. The van der Waals surface area contributed by atoms with Crippen LogP contribution < -0.4 is 16.2 Å². The lowest BCUT2D eigenvalue weighted by Gasteiger charge is -2.15. The molecule has 7 heteroatoms. The summed E-state index contributed by atoms with van der Waals surface area (Å²) in [5, 5.41) is 0. The van der Waals surface area contributed by atoms with Crippen molar-refractivity contribution in [3.63, 3.8) is 0 Å². The summed E-state index contributed by atoms with van der Waals surface area (Å²) in [6.07, 6.45) is -3.57. The smallest absolute Gasteiger partial charge is 0.403 e. The summed E-state index contributed by atoms with van der Waals surface area (Å²) in [4.78, 5) is 3.79. The highest BCUT2D eigenvalue weighted by atomic mass is 19.4. The molecular formula is C8H10F3N3O. The molecule has 15 heavy (non-hydrogen) atoms. The number of aromatic nitrogens is 1. The Morgan fingerprint density at radius 1 is 1.47 bits per heavy atom. The number of halogens is 3. The highest BCUT2D eigenvalue weighted by molar-refractivity contribution is 5.59. The number of nitrogens with two attached hydrogens (primary N) is 2. The van der Waals surface area contributed by atoms with E-state index in [-0.39, 0.29) is 23.5 Å². The fraction of sp³-hybridized carbons (Fsp3) is 0.375. The maximum atomic E-state index is 12.0. The fourth-order valence-electron chi connectivity index (χ4n) is 1.02. The summed E-state index contributed by atoms with van der Waals surface area (Å²) in [7, 11) is 0. The second-order valence-electron chi connectivity index (χ2n) is 2.86. The maximum absolute atomic E-state index is 12.0. The molecule has 1 aromatic heterocycles. The van der Waals surface area contributed by atoms with Crippen molar-refractivity contribution in [3.8, 4) is 5.75 Å². The first-order valence-electron chi connectivity index (χ1n) is 4.05. The fourth-order valence-corrected chi connectivity index (χ4v) is 1.02. The van der Waals surface area contributed by atoms with Crippen LogP contribution in [0.1, 0.15) is 11.3 Å². The Hall–Kier alpha value is -1.50. The molecule has 1 aromatic rings. The van der Waals surface area contributed by atoms with Gasteiger partial charge in [0.2, 0.25) is 0 Å². The first-order valence-corrected chi connectivity index (χ1v) is 4.05. The van der Waals surface area contributed by atoms with Crippen LogP contribution in [0.2, 0.25) is 0 Å². The number of anilines is 1. The van der Waals surface area contributed by atoms with Crippen molar-refractivity contribution in [3.05, 3.63) is 17.5 Å². The van der Waals surface area contributed by atoms with E-state index in [2.05, 4.69) is 9.72 Å². The Labute approximate surface area is 84.0 Å². The number of aryl methyl sites for hydroxylation is 1. The quantitative estimate of drug-likeness (QED) is 0.790. The van der Waals surface area contributed by atoms with E-state index >= 15 is 0 Å². The molecule has 0 atom stereocenters. The molecule has 4 nitrogen and oxygen atoms in total. The molecule has 1 heterocycles. The zero-order chi connectivity index (χ0) is 11.6. The van der Waals surface area contributed by atoms with Crippen LogP contribution in [-0.4, -0.2) is 11.3 Å². The summed E-state index contributed by atoms with van der Waals surface area (Å²) in [6.45, 7) is 1.36. The SMILES string of the molecule is Cc1ncc(CN)c(OC(F)(F)F)c1N. The number of alkyl halides is 3. The minimum atomic E-state index is -4.79. The minimum Gasteiger partial charge on any atom is -0.403 e. The largest absolute Gasteiger partial charge is 0.573 e. The molecular weight excluding hydrogens is 211 g/mol. The lowest BCUT2D eigenvalue weighted by atomic mass is 10.2. The van der Waals surface area contributed by atoms with E-state index in [1.807, 2.05) is 0 Å². The average Bonchev–Trinajstić information content (AvgIpc) is 2.11. The Bertz CT molecular complexity index is 365. The van der Waals surface area contributed by atoms with E-state index in [1.165, 1.54) is 13.1 Å². The Morgan fingerprint density at radius 3 is 2.53 bits per heavy atom. The monoisotopic (exact) mass is 221 g/mol. The summed E-state index contributed by atoms with van der Waals surface area (Å²) >= 11 is 0. The molecule has 0 saturated heterocycles. The van der Waals surface area contributed by atoms with Gasteiger partial charge in [0.05, 0.1) is 11.4 Å². The zero-order valence-corrected chi connectivity index (χ0v) is 7.93.